The summed E-state index contributed by atoms with van der Waals surface area (Å²) in [6.45, 7) is 2.01. The minimum Gasteiger partial charge on any atom is -0.497 e. The van der Waals surface area contributed by atoms with E-state index in [4.69, 9.17) is 15.3 Å². The summed E-state index contributed by atoms with van der Waals surface area (Å²) in [7, 11) is 3.18. The maximum Gasteiger partial charge on any atom is 0.285 e. The van der Waals surface area contributed by atoms with Gasteiger partial charge in [-0.25, -0.2) is 10.5 Å². The van der Waals surface area contributed by atoms with Crippen LogP contribution < -0.4 is 20.7 Å². The van der Waals surface area contributed by atoms with Crippen molar-refractivity contribution in [2.24, 2.45) is 5.84 Å². The lowest BCUT2D eigenvalue weighted by Crippen LogP contribution is -2.30. The number of ether oxygens (including phenoxy) is 2. The van der Waals surface area contributed by atoms with Gasteiger partial charge in [0.2, 0.25) is 0 Å². The van der Waals surface area contributed by atoms with Gasteiger partial charge in [0, 0.05) is 5.56 Å². The van der Waals surface area contributed by atoms with E-state index >= 15 is 0 Å². The largest absolute Gasteiger partial charge is 0.497 e. The third-order valence-corrected chi connectivity index (χ3v) is 4.03. The van der Waals surface area contributed by atoms with Crippen molar-refractivity contribution in [2.75, 3.05) is 14.2 Å². The molecular weight excluding hydrogens is 332 g/mol. The van der Waals surface area contributed by atoms with Gasteiger partial charge in [-0.3, -0.25) is 10.2 Å². The average Bonchev–Trinajstić information content (AvgIpc) is 3.12. The summed E-state index contributed by atoms with van der Waals surface area (Å²) in [5.74, 6) is 6.10. The second kappa shape index (κ2) is 7.28. The van der Waals surface area contributed by atoms with Crippen LogP contribution in [0.1, 0.15) is 16.1 Å². The van der Waals surface area contributed by atoms with Crippen molar-refractivity contribution in [1.82, 2.24) is 15.2 Å². The molecule has 3 aromatic rings. The Bertz CT molecular complexity index is 932. The number of nitrogens with zero attached hydrogens (tertiary/aromatic N) is 2. The Morgan fingerprint density at radius 1 is 1.08 bits per heavy atom. The van der Waals surface area contributed by atoms with Gasteiger partial charge in [-0.15, -0.1) is 0 Å². The lowest BCUT2D eigenvalue weighted by Gasteiger charge is -2.12. The molecule has 3 N–H and O–H groups in total. The summed E-state index contributed by atoms with van der Waals surface area (Å²) in [6, 6.07) is 14.9. The van der Waals surface area contributed by atoms with Crippen LogP contribution in [0.3, 0.4) is 0 Å². The number of benzene rings is 2. The van der Waals surface area contributed by atoms with Crippen molar-refractivity contribution in [1.29, 1.82) is 0 Å². The van der Waals surface area contributed by atoms with Gasteiger partial charge in [-0.1, -0.05) is 17.7 Å². The second-order valence-corrected chi connectivity index (χ2v) is 5.70. The van der Waals surface area contributed by atoms with E-state index in [9.17, 15) is 4.79 Å². The Kier molecular flexibility index (Phi) is 4.90. The van der Waals surface area contributed by atoms with E-state index in [0.29, 0.717) is 17.2 Å². The first kappa shape index (κ1) is 17.5. The number of nitrogen functional groups attached to an aromatic ring is 1. The average molecular weight is 352 g/mol. The van der Waals surface area contributed by atoms with Crippen molar-refractivity contribution in [3.63, 3.8) is 0 Å². The molecule has 0 atom stereocenters. The van der Waals surface area contributed by atoms with E-state index in [1.54, 1.807) is 25.0 Å². The van der Waals surface area contributed by atoms with Gasteiger partial charge in [-0.2, -0.15) is 5.10 Å². The number of hydrogen-bond donors (Lipinski definition) is 2. The molecule has 26 heavy (non-hydrogen) atoms. The maximum atomic E-state index is 12.0. The van der Waals surface area contributed by atoms with Gasteiger partial charge in [-0.05, 0) is 43.3 Å². The molecule has 0 saturated carbocycles. The highest BCUT2D eigenvalue weighted by Crippen LogP contribution is 2.35. The van der Waals surface area contributed by atoms with Crippen LogP contribution in [0.4, 0.5) is 0 Å². The lowest BCUT2D eigenvalue weighted by atomic mass is 10.1. The molecule has 0 bridgehead atoms. The molecule has 7 heteroatoms. The quantitative estimate of drug-likeness (QED) is 0.418. The zero-order valence-electron chi connectivity index (χ0n) is 14.8. The van der Waals surface area contributed by atoms with Gasteiger partial charge in [0.15, 0.2) is 5.69 Å². The summed E-state index contributed by atoms with van der Waals surface area (Å²) < 4.78 is 12.5. The van der Waals surface area contributed by atoms with Crippen LogP contribution in [0.5, 0.6) is 11.5 Å². The van der Waals surface area contributed by atoms with Crippen LogP contribution in [0.2, 0.25) is 0 Å². The monoisotopic (exact) mass is 352 g/mol. The van der Waals surface area contributed by atoms with Gasteiger partial charge in [0.25, 0.3) is 5.91 Å². The smallest absolute Gasteiger partial charge is 0.285 e. The number of hydrogen-bond acceptors (Lipinski definition) is 5. The number of carbonyl (C=O) groups excluding carboxylic acids is 1. The van der Waals surface area contributed by atoms with E-state index < -0.39 is 5.91 Å². The van der Waals surface area contributed by atoms with Crippen LogP contribution in [-0.4, -0.2) is 29.9 Å². The SMILES string of the molecule is COc1ccc(OC)c(-c2cc(C(=O)NN)nn2-c2ccc(C)cc2)c1. The van der Waals surface area contributed by atoms with E-state index in [1.165, 1.54) is 0 Å². The molecule has 134 valence electrons. The molecular formula is C19H20N4O3. The van der Waals surface area contributed by atoms with E-state index in [2.05, 4.69) is 10.5 Å². The molecule has 0 aliphatic heterocycles. The molecule has 0 aliphatic carbocycles. The number of rotatable bonds is 5. The minimum atomic E-state index is -0.473. The predicted molar refractivity (Wildman–Crippen MR) is 98.5 cm³/mol. The van der Waals surface area contributed by atoms with Gasteiger partial charge in [0.05, 0.1) is 25.6 Å². The Balaban J connectivity index is 2.24. The highest BCUT2D eigenvalue weighted by atomic mass is 16.5. The van der Waals surface area contributed by atoms with Crippen molar-refractivity contribution < 1.29 is 14.3 Å². The van der Waals surface area contributed by atoms with Crippen LogP contribution in [0.25, 0.3) is 16.9 Å². The molecule has 7 nitrogen and oxygen atoms in total. The third kappa shape index (κ3) is 3.25. The molecule has 0 radical (unpaired) electrons. The number of hydrazine groups is 1. The molecule has 0 aliphatic rings. The summed E-state index contributed by atoms with van der Waals surface area (Å²) in [4.78, 5) is 12.0. The highest BCUT2D eigenvalue weighted by molar-refractivity contribution is 5.93. The van der Waals surface area contributed by atoms with E-state index in [0.717, 1.165) is 16.8 Å². The van der Waals surface area contributed by atoms with Crippen molar-refractivity contribution in [3.05, 3.63) is 59.8 Å². The Morgan fingerprint density at radius 2 is 1.81 bits per heavy atom. The van der Waals surface area contributed by atoms with Crippen molar-refractivity contribution in [3.8, 4) is 28.4 Å². The van der Waals surface area contributed by atoms with Crippen LogP contribution in [-0.2, 0) is 0 Å². The molecule has 1 amide bonds. The first-order valence-electron chi connectivity index (χ1n) is 7.98. The molecule has 0 fully saturated rings. The topological polar surface area (TPSA) is 91.4 Å². The molecule has 2 aromatic carbocycles. The fourth-order valence-electron chi connectivity index (χ4n) is 2.65. The number of nitrogens with two attached hydrogens (primary N) is 1. The fourth-order valence-corrected chi connectivity index (χ4v) is 2.65. The summed E-state index contributed by atoms with van der Waals surface area (Å²) >= 11 is 0. The van der Waals surface area contributed by atoms with Crippen molar-refractivity contribution in [2.45, 2.75) is 6.92 Å². The Morgan fingerprint density at radius 3 is 2.42 bits per heavy atom. The van der Waals surface area contributed by atoms with Crippen LogP contribution >= 0.6 is 0 Å². The van der Waals surface area contributed by atoms with Gasteiger partial charge < -0.3 is 9.47 Å². The summed E-state index contributed by atoms with van der Waals surface area (Å²) in [5, 5.41) is 4.42. The summed E-state index contributed by atoms with van der Waals surface area (Å²) in [5.41, 5.74) is 5.68. The van der Waals surface area contributed by atoms with Gasteiger partial charge in [0.1, 0.15) is 11.5 Å². The summed E-state index contributed by atoms with van der Waals surface area (Å²) in [6.07, 6.45) is 0. The minimum absolute atomic E-state index is 0.202. The first-order valence-corrected chi connectivity index (χ1v) is 7.98. The number of aromatic nitrogens is 2. The Labute approximate surface area is 151 Å². The number of methoxy groups -OCH3 is 2. The zero-order valence-corrected chi connectivity index (χ0v) is 14.8. The number of aryl methyl sites for hydroxylation is 1. The zero-order chi connectivity index (χ0) is 18.7. The Hall–Kier alpha value is -3.32. The molecule has 0 saturated heterocycles. The fraction of sp³-hybridized carbons (Fsp3) is 0.158. The number of carbonyl (C=O) groups is 1. The first-order chi connectivity index (χ1) is 12.6. The van der Waals surface area contributed by atoms with Crippen LogP contribution in [0, 0.1) is 6.92 Å². The molecule has 3 rings (SSSR count). The molecule has 1 heterocycles. The molecule has 0 spiro atoms. The highest BCUT2D eigenvalue weighted by Gasteiger charge is 2.19. The predicted octanol–water partition coefficient (Wildman–Crippen LogP) is 2.47. The van der Waals surface area contributed by atoms with Gasteiger partial charge >= 0.3 is 0 Å². The normalized spacial score (nSPS) is 10.5. The second-order valence-electron chi connectivity index (χ2n) is 5.70. The number of amides is 1. The van der Waals surface area contributed by atoms with E-state index in [-0.39, 0.29) is 5.69 Å². The van der Waals surface area contributed by atoms with Crippen molar-refractivity contribution >= 4 is 5.91 Å². The lowest BCUT2D eigenvalue weighted by molar-refractivity contribution is 0.0948. The molecule has 1 aromatic heterocycles. The van der Waals surface area contributed by atoms with E-state index in [1.807, 2.05) is 49.4 Å². The maximum absolute atomic E-state index is 12.0. The molecule has 0 unspecified atom stereocenters. The number of nitrogens with one attached hydrogen (secondary N) is 1. The van der Waals surface area contributed by atoms with Crippen LogP contribution in [0.15, 0.2) is 48.5 Å². The third-order valence-electron chi connectivity index (χ3n) is 4.03. The standard InChI is InChI=1S/C19H20N4O3/c1-12-4-6-13(7-5-12)23-17(11-16(22-23)19(24)21-20)15-10-14(25-2)8-9-18(15)26-3/h4-11H,20H2,1-3H3,(H,21,24).